The highest BCUT2D eigenvalue weighted by Gasteiger charge is 2.22. The van der Waals surface area contributed by atoms with Crippen LogP contribution in [0.15, 0.2) is 90.3 Å². The summed E-state index contributed by atoms with van der Waals surface area (Å²) >= 11 is 1.31. The van der Waals surface area contributed by atoms with E-state index >= 15 is 0 Å². The second-order valence-corrected chi connectivity index (χ2v) is 10.4. The third-order valence-corrected chi connectivity index (χ3v) is 7.80. The van der Waals surface area contributed by atoms with E-state index in [9.17, 15) is 18.0 Å². The maximum atomic E-state index is 12.9. The molecule has 0 bridgehead atoms. The smallest absolute Gasteiger partial charge is 0.279 e. The third kappa shape index (κ3) is 5.91. The van der Waals surface area contributed by atoms with Gasteiger partial charge >= 0.3 is 0 Å². The van der Waals surface area contributed by atoms with E-state index in [2.05, 4.69) is 30.0 Å². The van der Waals surface area contributed by atoms with Crippen molar-refractivity contribution < 1.29 is 18.0 Å². The molecular formula is C25H26N4O4S2. The zero-order valence-corrected chi connectivity index (χ0v) is 20.9. The van der Waals surface area contributed by atoms with Crippen molar-refractivity contribution in [2.75, 3.05) is 18.4 Å². The number of hydrogen-bond acceptors (Lipinski definition) is 5. The molecule has 3 rings (SSSR count). The predicted molar refractivity (Wildman–Crippen MR) is 140 cm³/mol. The molecule has 0 saturated carbocycles. The number of benzene rings is 2. The van der Waals surface area contributed by atoms with Gasteiger partial charge in [-0.25, -0.2) is 8.42 Å². The number of thiazole rings is 1. The summed E-state index contributed by atoms with van der Waals surface area (Å²) in [4.78, 5) is 29.1. The molecule has 0 spiro atoms. The standard InChI is InChI=1S/C25H26N4O4S2/c1-5-14-28(15-6-2)35(32,33)21-11-8-19(9-12-21)24(31)27-25-29(16-7-3)22-13-10-20(26-18(4)30)17-23(22)34-25/h5-13,17H,1-3,14-16H2,4H3,(H,26,30). The molecule has 0 aliphatic carbocycles. The summed E-state index contributed by atoms with van der Waals surface area (Å²) in [5.74, 6) is -0.683. The number of fused-ring (bicyclic) bond motifs is 1. The maximum Gasteiger partial charge on any atom is 0.279 e. The van der Waals surface area contributed by atoms with Crippen molar-refractivity contribution in [1.82, 2.24) is 8.87 Å². The van der Waals surface area contributed by atoms with Gasteiger partial charge in [0.15, 0.2) is 4.80 Å². The molecule has 3 aromatic rings. The fraction of sp³-hybridized carbons (Fsp3) is 0.160. The number of nitrogens with zero attached hydrogens (tertiary/aromatic N) is 3. The number of allylic oxidation sites excluding steroid dienone is 1. The fourth-order valence-electron chi connectivity index (χ4n) is 3.37. The number of sulfonamides is 1. The number of nitrogens with one attached hydrogen (secondary N) is 1. The monoisotopic (exact) mass is 510 g/mol. The van der Waals surface area contributed by atoms with Gasteiger partial charge in [0.25, 0.3) is 5.91 Å². The average molecular weight is 511 g/mol. The van der Waals surface area contributed by atoms with Gasteiger partial charge in [0.2, 0.25) is 15.9 Å². The molecule has 0 saturated heterocycles. The van der Waals surface area contributed by atoms with Gasteiger partial charge < -0.3 is 9.88 Å². The lowest BCUT2D eigenvalue weighted by molar-refractivity contribution is -0.114. The first kappa shape index (κ1) is 26.0. The van der Waals surface area contributed by atoms with Crippen LogP contribution in [0.5, 0.6) is 0 Å². The van der Waals surface area contributed by atoms with E-state index in [4.69, 9.17) is 0 Å². The van der Waals surface area contributed by atoms with E-state index in [0.29, 0.717) is 17.0 Å². The highest BCUT2D eigenvalue weighted by Crippen LogP contribution is 2.22. The molecule has 0 aliphatic rings. The fourth-order valence-corrected chi connectivity index (χ4v) is 5.83. The van der Waals surface area contributed by atoms with Gasteiger partial charge in [0.1, 0.15) is 0 Å². The van der Waals surface area contributed by atoms with Crippen molar-refractivity contribution in [3.05, 3.63) is 90.8 Å². The van der Waals surface area contributed by atoms with Gasteiger partial charge in [-0.15, -0.1) is 19.7 Å². The first-order chi connectivity index (χ1) is 16.7. The van der Waals surface area contributed by atoms with Crippen LogP contribution >= 0.6 is 11.3 Å². The largest absolute Gasteiger partial charge is 0.326 e. The molecule has 0 aliphatic heterocycles. The Bertz CT molecular complexity index is 1460. The van der Waals surface area contributed by atoms with E-state index in [1.54, 1.807) is 12.1 Å². The van der Waals surface area contributed by atoms with Gasteiger partial charge in [0.05, 0.1) is 15.1 Å². The Morgan fingerprint density at radius 2 is 1.71 bits per heavy atom. The summed E-state index contributed by atoms with van der Waals surface area (Å²) in [5, 5.41) is 2.74. The van der Waals surface area contributed by atoms with Crippen molar-refractivity contribution in [1.29, 1.82) is 0 Å². The molecule has 1 heterocycles. The van der Waals surface area contributed by atoms with Crippen LogP contribution in [0, 0.1) is 0 Å². The number of aromatic nitrogens is 1. The minimum Gasteiger partial charge on any atom is -0.326 e. The van der Waals surface area contributed by atoms with Gasteiger partial charge in [-0.05, 0) is 42.5 Å². The van der Waals surface area contributed by atoms with Gasteiger partial charge in [-0.2, -0.15) is 9.30 Å². The number of amides is 2. The van der Waals surface area contributed by atoms with Crippen LogP contribution in [0.3, 0.4) is 0 Å². The van der Waals surface area contributed by atoms with Gasteiger partial charge in [0, 0.05) is 37.8 Å². The van der Waals surface area contributed by atoms with Crippen LogP contribution in [0.1, 0.15) is 17.3 Å². The van der Waals surface area contributed by atoms with E-state index in [-0.39, 0.29) is 29.5 Å². The van der Waals surface area contributed by atoms with E-state index < -0.39 is 15.9 Å². The van der Waals surface area contributed by atoms with Crippen molar-refractivity contribution in [3.63, 3.8) is 0 Å². The highest BCUT2D eigenvalue weighted by atomic mass is 32.2. The molecule has 35 heavy (non-hydrogen) atoms. The number of carbonyl (C=O) groups excluding carboxylic acids is 2. The molecule has 0 fully saturated rings. The molecular weight excluding hydrogens is 484 g/mol. The molecule has 0 radical (unpaired) electrons. The maximum absolute atomic E-state index is 12.9. The van der Waals surface area contributed by atoms with Crippen molar-refractivity contribution >= 4 is 49.1 Å². The van der Waals surface area contributed by atoms with Crippen molar-refractivity contribution in [2.45, 2.75) is 18.4 Å². The summed E-state index contributed by atoms with van der Waals surface area (Å²) in [6.07, 6.45) is 4.70. The summed E-state index contributed by atoms with van der Waals surface area (Å²) in [7, 11) is -3.77. The van der Waals surface area contributed by atoms with Crippen molar-refractivity contribution in [3.8, 4) is 0 Å². The molecule has 0 unspecified atom stereocenters. The number of carbonyl (C=O) groups is 2. The third-order valence-electron chi connectivity index (χ3n) is 4.92. The van der Waals surface area contributed by atoms with Crippen molar-refractivity contribution in [2.24, 2.45) is 4.99 Å². The zero-order chi connectivity index (χ0) is 25.6. The minimum absolute atomic E-state index is 0.0619. The van der Waals surface area contributed by atoms with Gasteiger partial charge in [-0.1, -0.05) is 29.6 Å². The molecule has 8 nitrogen and oxygen atoms in total. The Kier molecular flexibility index (Phi) is 8.34. The average Bonchev–Trinajstić information content (AvgIpc) is 3.15. The zero-order valence-electron chi connectivity index (χ0n) is 19.3. The Morgan fingerprint density at radius 1 is 1.06 bits per heavy atom. The second kappa shape index (κ2) is 11.2. The van der Waals surface area contributed by atoms with Crippen LogP contribution < -0.4 is 10.1 Å². The first-order valence-corrected chi connectivity index (χ1v) is 12.9. The predicted octanol–water partition coefficient (Wildman–Crippen LogP) is 3.95. The molecule has 1 N–H and O–H groups in total. The normalized spacial score (nSPS) is 12.0. The quantitative estimate of drug-likeness (QED) is 0.417. The first-order valence-electron chi connectivity index (χ1n) is 10.6. The Labute approximate surface area is 208 Å². The highest BCUT2D eigenvalue weighted by molar-refractivity contribution is 7.89. The molecule has 2 aromatic carbocycles. The SMILES string of the molecule is C=CCN(CC=C)S(=O)(=O)c1ccc(C(=O)N=c2sc3cc(NC(C)=O)ccc3n2CC=C)cc1. The number of anilines is 1. The van der Waals surface area contributed by atoms with Gasteiger partial charge in [-0.3, -0.25) is 9.59 Å². The Balaban J connectivity index is 1.97. The van der Waals surface area contributed by atoms with Crippen LogP contribution in [0.25, 0.3) is 10.2 Å². The van der Waals surface area contributed by atoms with Crippen LogP contribution in [-0.4, -0.2) is 42.2 Å². The lowest BCUT2D eigenvalue weighted by Gasteiger charge is -2.19. The molecule has 2 amide bonds. The second-order valence-electron chi connectivity index (χ2n) is 7.49. The Hall–Kier alpha value is -3.60. The summed E-state index contributed by atoms with van der Waals surface area (Å²) < 4.78 is 29.7. The molecule has 1 aromatic heterocycles. The summed E-state index contributed by atoms with van der Waals surface area (Å²) in [6.45, 7) is 13.1. The van der Waals surface area contributed by atoms with Crippen LogP contribution in [0.4, 0.5) is 5.69 Å². The molecule has 10 heteroatoms. The minimum atomic E-state index is -3.77. The van der Waals surface area contributed by atoms with E-state index in [1.807, 2.05) is 16.7 Å². The topological polar surface area (TPSA) is 101 Å². The number of rotatable bonds is 10. The summed E-state index contributed by atoms with van der Waals surface area (Å²) in [5.41, 5.74) is 1.75. The van der Waals surface area contributed by atoms with E-state index in [0.717, 1.165) is 10.2 Å². The van der Waals surface area contributed by atoms with E-state index in [1.165, 1.54) is 59.0 Å². The summed E-state index contributed by atoms with van der Waals surface area (Å²) in [6, 6.07) is 11.1. The van der Waals surface area contributed by atoms with Crippen LogP contribution in [0.2, 0.25) is 0 Å². The Morgan fingerprint density at radius 3 is 2.29 bits per heavy atom. The molecule has 0 atom stereocenters. The lowest BCUT2D eigenvalue weighted by Crippen LogP contribution is -2.31. The lowest BCUT2D eigenvalue weighted by atomic mass is 10.2. The number of hydrogen-bond donors (Lipinski definition) is 1. The molecule has 182 valence electrons. The van der Waals surface area contributed by atoms with Crippen LogP contribution in [-0.2, 0) is 21.4 Å².